The van der Waals surface area contributed by atoms with Gasteiger partial charge in [-0.3, -0.25) is 0 Å². The van der Waals surface area contributed by atoms with Crippen LogP contribution in [-0.4, -0.2) is 18.1 Å². The molecule has 3 atom stereocenters. The molecule has 1 fully saturated rings. The summed E-state index contributed by atoms with van der Waals surface area (Å²) in [7, 11) is 0. The third-order valence-electron chi connectivity index (χ3n) is 4.59. The average Bonchev–Trinajstić information content (AvgIpc) is 2.82. The van der Waals surface area contributed by atoms with Crippen LogP contribution >= 0.6 is 11.3 Å². The van der Waals surface area contributed by atoms with Gasteiger partial charge in [-0.25, -0.2) is 4.98 Å². The molecule has 108 valence electrons. The van der Waals surface area contributed by atoms with Crippen molar-refractivity contribution in [2.24, 2.45) is 17.8 Å². The fourth-order valence-corrected chi connectivity index (χ4v) is 4.23. The highest BCUT2D eigenvalue weighted by molar-refractivity contribution is 7.09. The Labute approximate surface area is 122 Å². The lowest BCUT2D eigenvalue weighted by Crippen LogP contribution is -2.34. The predicted octanol–water partition coefficient (Wildman–Crippen LogP) is 4.05. The molecule has 1 aromatic rings. The summed E-state index contributed by atoms with van der Waals surface area (Å²) in [5, 5.41) is 7.09. The number of aromatic nitrogens is 1. The van der Waals surface area contributed by atoms with Gasteiger partial charge >= 0.3 is 0 Å². The highest BCUT2D eigenvalue weighted by Gasteiger charge is 2.30. The highest BCUT2D eigenvalue weighted by atomic mass is 32.1. The van der Waals surface area contributed by atoms with Gasteiger partial charge in [-0.05, 0) is 50.6 Å². The van der Waals surface area contributed by atoms with E-state index in [0.717, 1.165) is 24.3 Å². The average molecular weight is 280 g/mol. The molecule has 1 aromatic heterocycles. The van der Waals surface area contributed by atoms with Crippen LogP contribution < -0.4 is 5.32 Å². The molecule has 1 N–H and O–H groups in total. The molecular weight excluding hydrogens is 252 g/mol. The minimum Gasteiger partial charge on any atom is -0.317 e. The molecule has 19 heavy (non-hydrogen) atoms. The van der Waals surface area contributed by atoms with E-state index in [-0.39, 0.29) is 0 Å². The lowest BCUT2D eigenvalue weighted by atomic mass is 9.72. The number of rotatable bonds is 6. The lowest BCUT2D eigenvalue weighted by molar-refractivity contribution is 0.172. The van der Waals surface area contributed by atoms with Crippen LogP contribution in [0.2, 0.25) is 0 Å². The van der Waals surface area contributed by atoms with E-state index in [1.807, 2.05) is 11.3 Å². The number of aryl methyl sites for hydroxylation is 1. The lowest BCUT2D eigenvalue weighted by Gasteiger charge is -2.36. The van der Waals surface area contributed by atoms with Crippen molar-refractivity contribution in [3.05, 3.63) is 16.1 Å². The van der Waals surface area contributed by atoms with Gasteiger partial charge in [-0.15, -0.1) is 11.3 Å². The maximum atomic E-state index is 4.67. The minimum absolute atomic E-state index is 0.836. The molecule has 0 radical (unpaired) electrons. The highest BCUT2D eigenvalue weighted by Crippen LogP contribution is 2.37. The smallest absolute Gasteiger partial charge is 0.0930 e. The van der Waals surface area contributed by atoms with Gasteiger partial charge < -0.3 is 5.32 Å². The van der Waals surface area contributed by atoms with Gasteiger partial charge in [0, 0.05) is 17.5 Å². The van der Waals surface area contributed by atoms with E-state index in [1.54, 1.807) is 0 Å². The normalized spacial score (nSPS) is 27.6. The van der Waals surface area contributed by atoms with Gasteiger partial charge in [-0.1, -0.05) is 26.7 Å². The van der Waals surface area contributed by atoms with Crippen molar-refractivity contribution in [2.75, 3.05) is 13.1 Å². The Morgan fingerprint density at radius 3 is 2.79 bits per heavy atom. The van der Waals surface area contributed by atoms with Gasteiger partial charge in [0.25, 0.3) is 0 Å². The first kappa shape index (κ1) is 15.0. The summed E-state index contributed by atoms with van der Waals surface area (Å²) >= 11 is 1.85. The predicted molar refractivity (Wildman–Crippen MR) is 83.7 cm³/mol. The molecule has 1 aliphatic carbocycles. The van der Waals surface area contributed by atoms with Crippen LogP contribution in [0.5, 0.6) is 0 Å². The van der Waals surface area contributed by atoms with E-state index >= 15 is 0 Å². The maximum absolute atomic E-state index is 4.67. The zero-order chi connectivity index (χ0) is 13.7. The Morgan fingerprint density at radius 1 is 1.32 bits per heavy atom. The van der Waals surface area contributed by atoms with Crippen LogP contribution in [0.3, 0.4) is 0 Å². The van der Waals surface area contributed by atoms with Crippen LogP contribution in [-0.2, 0) is 6.42 Å². The molecule has 0 amide bonds. The molecule has 1 heterocycles. The third kappa shape index (κ3) is 4.28. The molecule has 1 saturated carbocycles. The monoisotopic (exact) mass is 280 g/mol. The first-order valence-corrected chi connectivity index (χ1v) is 8.72. The molecule has 2 nitrogen and oxygen atoms in total. The molecule has 3 unspecified atom stereocenters. The first-order chi connectivity index (χ1) is 9.22. The van der Waals surface area contributed by atoms with Crippen molar-refractivity contribution in [3.8, 4) is 0 Å². The van der Waals surface area contributed by atoms with Gasteiger partial charge in [0.15, 0.2) is 0 Å². The van der Waals surface area contributed by atoms with E-state index in [9.17, 15) is 0 Å². The summed E-state index contributed by atoms with van der Waals surface area (Å²) in [6, 6.07) is 0. The van der Waals surface area contributed by atoms with Crippen LogP contribution in [0, 0.1) is 24.7 Å². The van der Waals surface area contributed by atoms with Gasteiger partial charge in [0.2, 0.25) is 0 Å². The summed E-state index contributed by atoms with van der Waals surface area (Å²) in [5.74, 6) is 2.64. The zero-order valence-corrected chi connectivity index (χ0v) is 13.4. The fourth-order valence-electron chi connectivity index (χ4n) is 3.36. The fraction of sp³-hybridized carbons (Fsp3) is 0.812. The molecule has 2 rings (SSSR count). The molecule has 3 heteroatoms. The van der Waals surface area contributed by atoms with E-state index in [0.29, 0.717) is 0 Å². The van der Waals surface area contributed by atoms with Crippen molar-refractivity contribution < 1.29 is 0 Å². The number of hydrogen-bond acceptors (Lipinski definition) is 3. The first-order valence-electron chi connectivity index (χ1n) is 7.84. The number of thiazole rings is 1. The molecule has 0 spiro atoms. The SMILES string of the molecule is CCNCC1CCC(CC)CC1Cc1nc(C)cs1. The van der Waals surface area contributed by atoms with Gasteiger partial charge in [-0.2, -0.15) is 0 Å². The van der Waals surface area contributed by atoms with Crippen molar-refractivity contribution in [3.63, 3.8) is 0 Å². The molecule has 0 aliphatic heterocycles. The van der Waals surface area contributed by atoms with E-state index in [1.165, 1.54) is 49.4 Å². The standard InChI is InChI=1S/C16H28N2S/c1-4-13-6-7-14(10-17-5-2)15(8-13)9-16-18-12(3)11-19-16/h11,13-15,17H,4-10H2,1-3H3. The largest absolute Gasteiger partial charge is 0.317 e. The molecule has 0 saturated heterocycles. The second-order valence-electron chi connectivity index (χ2n) is 6.00. The van der Waals surface area contributed by atoms with Crippen molar-refractivity contribution in [1.82, 2.24) is 10.3 Å². The number of nitrogens with zero attached hydrogens (tertiary/aromatic N) is 1. The van der Waals surface area contributed by atoms with Gasteiger partial charge in [0.1, 0.15) is 0 Å². The summed E-state index contributed by atoms with van der Waals surface area (Å²) < 4.78 is 0. The molecule has 0 aromatic carbocycles. The quantitative estimate of drug-likeness (QED) is 0.850. The van der Waals surface area contributed by atoms with E-state index < -0.39 is 0 Å². The second kappa shape index (κ2) is 7.39. The number of nitrogens with one attached hydrogen (secondary N) is 1. The Balaban J connectivity index is 1.97. The summed E-state index contributed by atoms with van der Waals surface area (Å²) in [4.78, 5) is 4.67. The summed E-state index contributed by atoms with van der Waals surface area (Å²) in [6.07, 6.45) is 6.79. The van der Waals surface area contributed by atoms with Crippen molar-refractivity contribution >= 4 is 11.3 Å². The van der Waals surface area contributed by atoms with E-state index in [2.05, 4.69) is 36.5 Å². The Bertz CT molecular complexity index is 375. The second-order valence-corrected chi connectivity index (χ2v) is 6.94. The Hall–Kier alpha value is -0.410. The molecule has 0 bridgehead atoms. The topological polar surface area (TPSA) is 24.9 Å². The summed E-state index contributed by atoms with van der Waals surface area (Å²) in [5.41, 5.74) is 1.19. The molecule has 1 aliphatic rings. The van der Waals surface area contributed by atoms with Crippen LogP contribution in [0.4, 0.5) is 0 Å². The van der Waals surface area contributed by atoms with Crippen molar-refractivity contribution in [1.29, 1.82) is 0 Å². The minimum atomic E-state index is 0.836. The number of hydrogen-bond donors (Lipinski definition) is 1. The van der Waals surface area contributed by atoms with Crippen molar-refractivity contribution in [2.45, 2.75) is 52.9 Å². The van der Waals surface area contributed by atoms with Gasteiger partial charge in [0.05, 0.1) is 5.01 Å². The van der Waals surface area contributed by atoms with Crippen LogP contribution in [0.15, 0.2) is 5.38 Å². The summed E-state index contributed by atoms with van der Waals surface area (Å²) in [6.45, 7) is 8.95. The zero-order valence-electron chi connectivity index (χ0n) is 12.6. The maximum Gasteiger partial charge on any atom is 0.0930 e. The van der Waals surface area contributed by atoms with E-state index in [4.69, 9.17) is 0 Å². The Morgan fingerprint density at radius 2 is 2.16 bits per heavy atom. The van der Waals surface area contributed by atoms with Crippen LogP contribution in [0.1, 0.15) is 50.2 Å². The van der Waals surface area contributed by atoms with Crippen LogP contribution in [0.25, 0.3) is 0 Å². The molecular formula is C16H28N2S. The third-order valence-corrected chi connectivity index (χ3v) is 5.57. The Kier molecular flexibility index (Phi) is 5.83.